The third-order valence-corrected chi connectivity index (χ3v) is 15.7. The molecule has 394 valence electrons. The molecule has 3 heterocycles. The summed E-state index contributed by atoms with van der Waals surface area (Å²) in [5.41, 5.74) is 15.2. The Morgan fingerprint density at radius 1 is 0.434 bits per heavy atom. The molecule has 9 aromatic rings. The van der Waals surface area contributed by atoms with Gasteiger partial charge in [0, 0.05) is 72.2 Å². The molecule has 0 spiro atoms. The number of hydrogen-bond donors (Lipinski definition) is 0. The van der Waals surface area contributed by atoms with Crippen LogP contribution in [0.4, 0.5) is 22.7 Å². The molecule has 0 amide bonds. The van der Waals surface area contributed by atoms with Crippen molar-refractivity contribution in [3.05, 3.63) is 221 Å². The van der Waals surface area contributed by atoms with Gasteiger partial charge in [-0.2, -0.15) is 6.07 Å². The monoisotopic (exact) mass is 1180 g/mol. The molecule has 0 radical (unpaired) electrons. The zero-order valence-electron chi connectivity index (χ0n) is 47.6. The van der Waals surface area contributed by atoms with E-state index in [1.807, 2.05) is 12.3 Å². The van der Waals surface area contributed by atoms with Gasteiger partial charge in [0.1, 0.15) is 5.82 Å². The topological polar surface area (TPSA) is 33.5 Å². The van der Waals surface area contributed by atoms with Crippen LogP contribution >= 0.6 is 0 Å². The third kappa shape index (κ3) is 10.2. The number of para-hydroxylation sites is 1. The van der Waals surface area contributed by atoms with Crippen LogP contribution in [0.15, 0.2) is 158 Å². The van der Waals surface area contributed by atoms with E-state index < -0.39 is 0 Å². The van der Waals surface area contributed by atoms with E-state index in [1.54, 1.807) is 0 Å². The molecule has 10 rings (SSSR count). The van der Waals surface area contributed by atoms with Gasteiger partial charge in [0.2, 0.25) is 0 Å². The van der Waals surface area contributed by atoms with Crippen molar-refractivity contribution in [1.82, 2.24) is 9.55 Å². The van der Waals surface area contributed by atoms with Crippen molar-refractivity contribution < 1.29 is 25.8 Å². The number of ether oxygens (including phenoxy) is 1. The van der Waals surface area contributed by atoms with E-state index >= 15 is 0 Å². The van der Waals surface area contributed by atoms with E-state index in [2.05, 4.69) is 290 Å². The van der Waals surface area contributed by atoms with E-state index in [1.165, 1.54) is 38.9 Å². The maximum Gasteiger partial charge on any atom is 0.135 e. The van der Waals surface area contributed by atoms with Crippen LogP contribution in [0, 0.1) is 18.8 Å². The van der Waals surface area contributed by atoms with Crippen LogP contribution in [0.3, 0.4) is 0 Å². The summed E-state index contributed by atoms with van der Waals surface area (Å²) in [5.74, 6) is 2.08. The first-order chi connectivity index (χ1) is 35.2. The predicted molar refractivity (Wildman–Crippen MR) is 316 cm³/mol. The van der Waals surface area contributed by atoms with Crippen LogP contribution in [0.1, 0.15) is 155 Å². The van der Waals surface area contributed by atoms with Crippen molar-refractivity contribution in [2.75, 3.05) is 9.80 Å². The van der Waals surface area contributed by atoms with E-state index in [9.17, 15) is 0 Å². The second-order valence-corrected chi connectivity index (χ2v) is 26.1. The number of benzene rings is 7. The van der Waals surface area contributed by atoms with E-state index in [0.29, 0.717) is 11.5 Å². The molecule has 5 nitrogen and oxygen atoms in total. The maximum absolute atomic E-state index is 7.02. The Hall–Kier alpha value is -6.42. The van der Waals surface area contributed by atoms with Gasteiger partial charge in [0.05, 0.1) is 0 Å². The first-order valence-corrected chi connectivity index (χ1v) is 26.8. The zero-order chi connectivity index (χ0) is 53.6. The van der Waals surface area contributed by atoms with Gasteiger partial charge in [-0.05, 0) is 108 Å². The predicted octanol–water partition coefficient (Wildman–Crippen LogP) is 18.8. The summed E-state index contributed by atoms with van der Waals surface area (Å²) in [6.07, 6.45) is 1.92. The number of aromatic nitrogens is 2. The van der Waals surface area contributed by atoms with Gasteiger partial charge < -0.3 is 19.1 Å². The Balaban J connectivity index is 0.00000706. The average Bonchev–Trinajstić information content (AvgIpc) is 3.91. The Bertz CT molecular complexity index is 3530. The van der Waals surface area contributed by atoms with Gasteiger partial charge in [0.15, 0.2) is 0 Å². The Labute approximate surface area is 468 Å². The molecule has 0 saturated heterocycles. The molecule has 0 N–H and O–H groups in total. The number of fused-ring (bicyclic) bond motifs is 4. The minimum atomic E-state index is -0.296. The van der Waals surface area contributed by atoms with Crippen molar-refractivity contribution in [1.29, 1.82) is 0 Å². The molecular formula is C70H75N4OPt-3. The fraction of sp³-hybridized carbons (Fsp3) is 0.314. The fourth-order valence-electron chi connectivity index (χ4n) is 10.8. The fourth-order valence-corrected chi connectivity index (χ4v) is 10.8. The molecule has 6 heteroatoms. The van der Waals surface area contributed by atoms with Gasteiger partial charge in [0.25, 0.3) is 0 Å². The molecular weight excluding hydrogens is 1110 g/mol. The maximum atomic E-state index is 7.02. The van der Waals surface area contributed by atoms with Crippen LogP contribution in [-0.4, -0.2) is 9.55 Å². The van der Waals surface area contributed by atoms with Gasteiger partial charge in [-0.3, -0.25) is 0 Å². The second-order valence-electron chi connectivity index (χ2n) is 26.1. The first-order valence-electron chi connectivity index (χ1n) is 26.8. The van der Waals surface area contributed by atoms with Crippen LogP contribution in [0.2, 0.25) is 0 Å². The summed E-state index contributed by atoms with van der Waals surface area (Å²) >= 11 is 0. The summed E-state index contributed by atoms with van der Waals surface area (Å²) in [4.78, 5) is 9.70. The largest absolute Gasteiger partial charge is 0.509 e. The Morgan fingerprint density at radius 2 is 0.974 bits per heavy atom. The zero-order valence-corrected chi connectivity index (χ0v) is 49.9. The summed E-state index contributed by atoms with van der Waals surface area (Å²) in [6, 6.07) is 63.1. The van der Waals surface area contributed by atoms with Gasteiger partial charge in [-0.25, -0.2) is 4.98 Å². The van der Waals surface area contributed by atoms with Crippen LogP contribution in [0.5, 0.6) is 11.5 Å². The van der Waals surface area contributed by atoms with Crippen molar-refractivity contribution in [3.63, 3.8) is 0 Å². The number of pyridine rings is 1. The SMILES string of the molecule is CC(C)(C)c1cc(Oc2[c-]c3c(cc2)c2ccccc2n3-c2cc(C(C)(C)C)ccn2)[c-]c(N2[CH-]N(c3cc(C(C)(C)c4ccccc4)cc(C(C)(C)c4ccccc4)c3)c3cc(C(C)(C)C)c(C(C)(C)C)cc32)c1.[Pt]. The smallest absolute Gasteiger partial charge is 0.135 e. The van der Waals surface area contributed by atoms with E-state index in [0.717, 1.165) is 55.9 Å². The summed E-state index contributed by atoms with van der Waals surface area (Å²) < 4.78 is 9.24. The first kappa shape index (κ1) is 54.4. The minimum absolute atomic E-state index is 0. The van der Waals surface area contributed by atoms with Crippen LogP contribution < -0.4 is 14.5 Å². The molecule has 1 aliphatic heterocycles. The normalized spacial score (nSPS) is 13.6. The summed E-state index contributed by atoms with van der Waals surface area (Å²) in [6.45, 7) is 39.2. The molecule has 2 aromatic heterocycles. The Kier molecular flexibility index (Phi) is 14.0. The Morgan fingerprint density at radius 3 is 1.53 bits per heavy atom. The number of nitrogens with zero attached hydrogens (tertiary/aromatic N) is 4. The quantitative estimate of drug-likeness (QED) is 0.135. The molecule has 0 aliphatic carbocycles. The van der Waals surface area contributed by atoms with Gasteiger partial charge in [-0.1, -0.05) is 201 Å². The van der Waals surface area contributed by atoms with Crippen LogP contribution in [0.25, 0.3) is 27.6 Å². The van der Waals surface area contributed by atoms with Crippen LogP contribution in [-0.2, 0) is 53.6 Å². The molecule has 0 fully saturated rings. The summed E-state index contributed by atoms with van der Waals surface area (Å²) in [7, 11) is 0. The third-order valence-electron chi connectivity index (χ3n) is 15.7. The summed E-state index contributed by atoms with van der Waals surface area (Å²) in [5, 5.41) is 2.23. The van der Waals surface area contributed by atoms with E-state index in [-0.39, 0.29) is 53.6 Å². The standard InChI is InChI=1S/C70H75N4O.Pt/c1-65(2,3)48-33-34-71-64(40-48)74-60-30-24-23-29-56(60)57-32-31-54(42-61(57)74)75-55-39-49(66(4,5)6)36-53(41-55)73-45-72(62-43-58(67(7,8)9)59(44-63(62)73)68(10,11)12)52-37-50(69(13,14)46-25-19-17-20-26-46)35-51(38-52)70(15,16)47-27-21-18-22-28-47;/h17-40,43-45H,1-16H3;/q-3;. The van der Waals surface area contributed by atoms with Crippen molar-refractivity contribution in [3.8, 4) is 17.3 Å². The molecule has 0 atom stereocenters. The molecule has 76 heavy (non-hydrogen) atoms. The number of anilines is 4. The van der Waals surface area contributed by atoms with E-state index in [4.69, 9.17) is 9.72 Å². The average molecular weight is 1180 g/mol. The molecule has 7 aromatic carbocycles. The molecule has 1 aliphatic rings. The molecule has 0 saturated carbocycles. The van der Waals surface area contributed by atoms with Crippen molar-refractivity contribution in [2.24, 2.45) is 0 Å². The van der Waals surface area contributed by atoms with Crippen molar-refractivity contribution >= 4 is 44.6 Å². The van der Waals surface area contributed by atoms with Crippen molar-refractivity contribution in [2.45, 2.75) is 143 Å². The van der Waals surface area contributed by atoms with Gasteiger partial charge >= 0.3 is 0 Å². The number of rotatable bonds is 9. The minimum Gasteiger partial charge on any atom is -0.509 e. The number of hydrogen-bond acceptors (Lipinski definition) is 4. The second kappa shape index (κ2) is 19.5. The van der Waals surface area contributed by atoms with Gasteiger partial charge in [-0.15, -0.1) is 53.6 Å². The molecule has 0 bridgehead atoms. The molecule has 0 unspecified atom stereocenters.